The Hall–Kier alpha value is -2.84. The molecule has 0 spiro atoms. The topological polar surface area (TPSA) is 85.5 Å². The van der Waals surface area contributed by atoms with Crippen LogP contribution in [0, 0.1) is 13.8 Å². The number of piperidine rings is 1. The highest BCUT2D eigenvalue weighted by Gasteiger charge is 2.24. The summed E-state index contributed by atoms with van der Waals surface area (Å²) in [4.78, 5) is 19.0. The van der Waals surface area contributed by atoms with Gasteiger partial charge in [0.15, 0.2) is 0 Å². The van der Waals surface area contributed by atoms with Crippen LogP contribution >= 0.6 is 0 Å². The van der Waals surface area contributed by atoms with Crippen molar-refractivity contribution in [3.63, 3.8) is 0 Å². The quantitative estimate of drug-likeness (QED) is 0.574. The Morgan fingerprint density at radius 3 is 2.48 bits per heavy atom. The summed E-state index contributed by atoms with van der Waals surface area (Å²) in [5, 5.41) is 4.16. The number of nitrogens with one attached hydrogen (secondary N) is 2. The minimum Gasteiger partial charge on any atom is -0.371 e. The number of sulfonamides is 1. The maximum Gasteiger partial charge on any atom is 0.253 e. The number of nitrogens with zero attached hydrogens (tertiary/aromatic N) is 2. The van der Waals surface area contributed by atoms with Crippen molar-refractivity contribution >= 4 is 32.5 Å². The summed E-state index contributed by atoms with van der Waals surface area (Å²) in [6, 6.07) is 11.0. The van der Waals surface area contributed by atoms with Crippen LogP contribution in [-0.2, 0) is 16.6 Å². The normalized spacial score (nSPS) is 14.8. The van der Waals surface area contributed by atoms with Crippen molar-refractivity contribution in [1.29, 1.82) is 0 Å². The second-order valence-electron chi connectivity index (χ2n) is 8.95. The summed E-state index contributed by atoms with van der Waals surface area (Å²) >= 11 is 0. The second-order valence-corrected chi connectivity index (χ2v) is 11.1. The molecule has 1 fully saturated rings. The van der Waals surface area contributed by atoms with Gasteiger partial charge in [-0.3, -0.25) is 4.79 Å². The van der Waals surface area contributed by atoms with Crippen LogP contribution < -0.4 is 10.2 Å². The van der Waals surface area contributed by atoms with Crippen molar-refractivity contribution in [3.8, 4) is 0 Å². The summed E-state index contributed by atoms with van der Waals surface area (Å²) in [6.45, 7) is 6.22. The number of hydrogen-bond acceptors (Lipinski definition) is 4. The largest absolute Gasteiger partial charge is 0.371 e. The lowest BCUT2D eigenvalue weighted by Gasteiger charge is -2.30. The Balaban J connectivity index is 1.63. The van der Waals surface area contributed by atoms with Crippen LogP contribution in [0.5, 0.6) is 0 Å². The number of amides is 1. The van der Waals surface area contributed by atoms with Crippen molar-refractivity contribution < 1.29 is 13.2 Å². The van der Waals surface area contributed by atoms with E-state index in [9.17, 15) is 13.2 Å². The molecule has 1 saturated heterocycles. The molecule has 4 rings (SSSR count). The Kier molecular flexibility index (Phi) is 6.50. The number of aromatic nitrogens is 1. The molecule has 1 amide bonds. The molecule has 7 nitrogen and oxygen atoms in total. The number of aryl methyl sites for hydroxylation is 2. The van der Waals surface area contributed by atoms with Crippen molar-refractivity contribution in [2.24, 2.45) is 0 Å². The van der Waals surface area contributed by atoms with Crippen LogP contribution in [0.15, 0.2) is 41.3 Å². The lowest BCUT2D eigenvalue weighted by molar-refractivity contribution is 0.0951. The van der Waals surface area contributed by atoms with E-state index in [0.29, 0.717) is 12.1 Å². The van der Waals surface area contributed by atoms with E-state index in [2.05, 4.69) is 28.2 Å². The predicted octanol–water partition coefficient (Wildman–Crippen LogP) is 3.96. The van der Waals surface area contributed by atoms with E-state index in [-0.39, 0.29) is 10.8 Å². The van der Waals surface area contributed by atoms with E-state index in [0.717, 1.165) is 53.8 Å². The second kappa shape index (κ2) is 9.19. The summed E-state index contributed by atoms with van der Waals surface area (Å²) in [5.41, 5.74) is 5.60. The zero-order valence-electron chi connectivity index (χ0n) is 19.7. The van der Waals surface area contributed by atoms with Gasteiger partial charge in [0, 0.05) is 56.0 Å². The molecule has 0 unspecified atom stereocenters. The zero-order valence-corrected chi connectivity index (χ0v) is 20.6. The Morgan fingerprint density at radius 2 is 1.79 bits per heavy atom. The summed E-state index contributed by atoms with van der Waals surface area (Å²) in [6.07, 6.45) is 3.30. The Labute approximate surface area is 195 Å². The van der Waals surface area contributed by atoms with Crippen LogP contribution in [0.4, 0.5) is 5.69 Å². The van der Waals surface area contributed by atoms with Crippen molar-refractivity contribution in [3.05, 3.63) is 58.8 Å². The Morgan fingerprint density at radius 1 is 1.06 bits per heavy atom. The number of hydrogen-bond donors (Lipinski definition) is 2. The SMILES string of the molecule is Cc1[nH]c2ccc(CNC(=O)c3cc(S(=O)(=O)N(C)C)ccc3N3CCCCC3)cc2c1C. The molecule has 176 valence electrons. The van der Waals surface area contributed by atoms with Crippen molar-refractivity contribution in [2.75, 3.05) is 32.1 Å². The minimum atomic E-state index is -3.64. The number of rotatable bonds is 6. The van der Waals surface area contributed by atoms with Crippen molar-refractivity contribution in [2.45, 2.75) is 44.6 Å². The summed E-state index contributed by atoms with van der Waals surface area (Å²) in [5.74, 6) is -0.270. The van der Waals surface area contributed by atoms with Gasteiger partial charge in [-0.05, 0) is 74.6 Å². The number of fused-ring (bicyclic) bond motifs is 1. The molecule has 1 aliphatic heterocycles. The lowest BCUT2D eigenvalue weighted by Crippen LogP contribution is -2.33. The fourth-order valence-electron chi connectivity index (χ4n) is 4.37. The molecule has 0 radical (unpaired) electrons. The van der Waals surface area contributed by atoms with E-state index in [1.165, 1.54) is 36.5 Å². The molecule has 8 heteroatoms. The van der Waals surface area contributed by atoms with Gasteiger partial charge < -0.3 is 15.2 Å². The first-order valence-electron chi connectivity index (χ1n) is 11.4. The molecule has 2 aromatic carbocycles. The van der Waals surface area contributed by atoms with E-state index >= 15 is 0 Å². The number of aromatic amines is 1. The summed E-state index contributed by atoms with van der Waals surface area (Å²) in [7, 11) is -0.654. The average molecular weight is 469 g/mol. The molecule has 33 heavy (non-hydrogen) atoms. The highest BCUT2D eigenvalue weighted by molar-refractivity contribution is 7.89. The fourth-order valence-corrected chi connectivity index (χ4v) is 5.30. The molecule has 2 heterocycles. The van der Waals surface area contributed by atoms with Crippen LogP contribution in [0.1, 0.15) is 46.4 Å². The third kappa shape index (κ3) is 4.63. The third-order valence-corrected chi connectivity index (χ3v) is 8.32. The van der Waals surface area contributed by atoms with Gasteiger partial charge in [0.25, 0.3) is 5.91 Å². The molecule has 0 atom stereocenters. The van der Waals surface area contributed by atoms with Gasteiger partial charge in [-0.25, -0.2) is 12.7 Å². The predicted molar refractivity (Wildman–Crippen MR) is 132 cm³/mol. The van der Waals surface area contributed by atoms with Crippen LogP contribution in [0.3, 0.4) is 0 Å². The van der Waals surface area contributed by atoms with Gasteiger partial charge in [0.05, 0.1) is 10.5 Å². The van der Waals surface area contributed by atoms with Gasteiger partial charge in [0.2, 0.25) is 10.0 Å². The average Bonchev–Trinajstić information content (AvgIpc) is 3.10. The van der Waals surface area contributed by atoms with Gasteiger partial charge in [-0.1, -0.05) is 6.07 Å². The molecule has 0 bridgehead atoms. The monoisotopic (exact) mass is 468 g/mol. The van der Waals surface area contributed by atoms with Crippen LogP contribution in [0.2, 0.25) is 0 Å². The van der Waals surface area contributed by atoms with Gasteiger partial charge in [-0.2, -0.15) is 0 Å². The minimum absolute atomic E-state index is 0.123. The van der Waals surface area contributed by atoms with E-state index in [1.807, 2.05) is 19.1 Å². The summed E-state index contributed by atoms with van der Waals surface area (Å²) < 4.78 is 26.6. The van der Waals surface area contributed by atoms with Gasteiger partial charge in [0.1, 0.15) is 0 Å². The molecular formula is C25H32N4O3S. The highest BCUT2D eigenvalue weighted by atomic mass is 32.2. The molecule has 3 aromatic rings. The van der Waals surface area contributed by atoms with E-state index in [1.54, 1.807) is 12.1 Å². The maximum absolute atomic E-state index is 13.3. The molecule has 0 saturated carbocycles. The molecule has 1 aliphatic rings. The first-order valence-corrected chi connectivity index (χ1v) is 12.8. The van der Waals surface area contributed by atoms with Crippen molar-refractivity contribution in [1.82, 2.24) is 14.6 Å². The highest BCUT2D eigenvalue weighted by Crippen LogP contribution is 2.28. The fraction of sp³-hybridized carbons (Fsp3) is 0.400. The number of carbonyl (C=O) groups is 1. The molecule has 2 N–H and O–H groups in total. The maximum atomic E-state index is 13.3. The third-order valence-electron chi connectivity index (χ3n) is 6.51. The first-order chi connectivity index (χ1) is 15.7. The number of H-pyrrole nitrogens is 1. The van der Waals surface area contributed by atoms with E-state index < -0.39 is 10.0 Å². The van der Waals surface area contributed by atoms with E-state index in [4.69, 9.17) is 0 Å². The zero-order chi connectivity index (χ0) is 23.8. The Bertz CT molecular complexity index is 1290. The molecule has 0 aliphatic carbocycles. The van der Waals surface area contributed by atoms with Gasteiger partial charge >= 0.3 is 0 Å². The molecular weight excluding hydrogens is 436 g/mol. The smallest absolute Gasteiger partial charge is 0.253 e. The van der Waals surface area contributed by atoms with Gasteiger partial charge in [-0.15, -0.1) is 0 Å². The molecule has 1 aromatic heterocycles. The van der Waals surface area contributed by atoms with Crippen LogP contribution in [0.25, 0.3) is 10.9 Å². The number of anilines is 1. The first kappa shape index (κ1) is 23.3. The number of carbonyl (C=O) groups excluding carboxylic acids is 1. The number of benzene rings is 2. The standard InChI is InChI=1S/C25H32N4O3S/c1-17-18(2)27-23-10-8-19(14-21(17)23)16-26-25(30)22-15-20(33(31,32)28(3)4)9-11-24(22)29-12-6-5-7-13-29/h8-11,14-15,27H,5-7,12-13,16H2,1-4H3,(H,26,30). The van der Waals surface area contributed by atoms with Crippen LogP contribution in [-0.4, -0.2) is 50.8 Å². The lowest BCUT2D eigenvalue weighted by atomic mass is 10.1.